The molecule has 3 N–H and O–H groups in total. The van der Waals surface area contributed by atoms with Crippen LogP contribution < -0.4 is 15.8 Å². The first-order valence-electron chi connectivity index (χ1n) is 8.27. The van der Waals surface area contributed by atoms with Gasteiger partial charge in [-0.3, -0.25) is 4.79 Å². The van der Waals surface area contributed by atoms with Crippen molar-refractivity contribution in [3.8, 4) is 17.1 Å². The third-order valence-electron chi connectivity index (χ3n) is 4.26. The zero-order chi connectivity index (χ0) is 16.9. The fourth-order valence-corrected chi connectivity index (χ4v) is 2.55. The summed E-state index contributed by atoms with van der Waals surface area (Å²) < 4.78 is 10.8. The largest absolute Gasteiger partial charge is 0.497 e. The summed E-state index contributed by atoms with van der Waals surface area (Å²) in [5, 5.41) is 2.88. The Morgan fingerprint density at radius 1 is 1.35 bits per heavy atom. The number of hydrogen-bond acceptors (Lipinski definition) is 5. The molecule has 1 aromatic carbocycles. The number of carbonyl (C=O) groups excluding carboxylic acids is 1. The van der Waals surface area contributed by atoms with Gasteiger partial charge in [0, 0.05) is 31.0 Å². The molecule has 1 aliphatic carbocycles. The van der Waals surface area contributed by atoms with E-state index in [0.29, 0.717) is 37.0 Å². The minimum atomic E-state index is -0.0182. The van der Waals surface area contributed by atoms with Gasteiger partial charge in [-0.15, -0.1) is 24.8 Å². The van der Waals surface area contributed by atoms with Crippen LogP contribution in [0.25, 0.3) is 11.3 Å². The first-order valence-corrected chi connectivity index (χ1v) is 8.27. The molecule has 2 aromatic rings. The topological polar surface area (TPSA) is 90.4 Å². The maximum absolute atomic E-state index is 11.9. The van der Waals surface area contributed by atoms with Crippen molar-refractivity contribution in [1.82, 2.24) is 10.3 Å². The fourth-order valence-electron chi connectivity index (χ4n) is 2.55. The minimum Gasteiger partial charge on any atom is -0.497 e. The summed E-state index contributed by atoms with van der Waals surface area (Å²) in [7, 11) is 1.63. The predicted octanol–water partition coefficient (Wildman–Crippen LogP) is 2.98. The molecule has 1 fully saturated rings. The molecule has 144 valence electrons. The average Bonchev–Trinajstić information content (AvgIpc) is 3.36. The molecule has 0 radical (unpaired) electrons. The van der Waals surface area contributed by atoms with E-state index in [9.17, 15) is 4.79 Å². The molecule has 3 rings (SSSR count). The lowest BCUT2D eigenvalue weighted by Crippen LogP contribution is -2.38. The molecule has 1 atom stereocenters. The van der Waals surface area contributed by atoms with Gasteiger partial charge in [0.15, 0.2) is 11.7 Å². The Bertz CT molecular complexity index is 687. The van der Waals surface area contributed by atoms with Crippen molar-refractivity contribution < 1.29 is 13.9 Å². The highest BCUT2D eigenvalue weighted by atomic mass is 35.5. The molecule has 1 unspecified atom stereocenters. The molecule has 8 heteroatoms. The van der Waals surface area contributed by atoms with E-state index in [-0.39, 0.29) is 36.8 Å². The molecule has 1 amide bonds. The predicted molar refractivity (Wildman–Crippen MR) is 105 cm³/mol. The SMILES string of the molecule is COc1ccc(-c2cnc(CCC(=O)NCC(N)C3CC3)o2)cc1.Cl.Cl. The smallest absolute Gasteiger partial charge is 0.220 e. The maximum atomic E-state index is 11.9. The number of aromatic nitrogens is 1. The zero-order valence-corrected chi connectivity index (χ0v) is 16.3. The Labute approximate surface area is 165 Å². The summed E-state index contributed by atoms with van der Waals surface area (Å²) in [6.45, 7) is 0.548. The van der Waals surface area contributed by atoms with Gasteiger partial charge >= 0.3 is 0 Å². The Kier molecular flexibility index (Phi) is 8.92. The Morgan fingerprint density at radius 2 is 2.04 bits per heavy atom. The van der Waals surface area contributed by atoms with Gasteiger partial charge in [0.25, 0.3) is 0 Å². The number of oxazole rings is 1. The van der Waals surface area contributed by atoms with E-state index >= 15 is 0 Å². The van der Waals surface area contributed by atoms with Crippen LogP contribution in [0.1, 0.15) is 25.2 Å². The van der Waals surface area contributed by atoms with E-state index in [0.717, 1.165) is 11.3 Å². The van der Waals surface area contributed by atoms with Crippen LogP contribution in [0.15, 0.2) is 34.9 Å². The maximum Gasteiger partial charge on any atom is 0.220 e. The first-order chi connectivity index (χ1) is 11.7. The monoisotopic (exact) mass is 401 g/mol. The lowest BCUT2D eigenvalue weighted by molar-refractivity contribution is -0.121. The van der Waals surface area contributed by atoms with Crippen LogP contribution in [0.4, 0.5) is 0 Å². The average molecular weight is 402 g/mol. The van der Waals surface area contributed by atoms with E-state index in [1.54, 1.807) is 13.3 Å². The highest BCUT2D eigenvalue weighted by Crippen LogP contribution is 2.31. The van der Waals surface area contributed by atoms with Crippen molar-refractivity contribution in [3.05, 3.63) is 36.4 Å². The molecule has 0 aliphatic heterocycles. The number of benzene rings is 1. The Morgan fingerprint density at radius 3 is 2.65 bits per heavy atom. The first kappa shape index (κ1) is 22.3. The molecule has 26 heavy (non-hydrogen) atoms. The molecular formula is C18H25Cl2N3O3. The second-order valence-electron chi connectivity index (χ2n) is 6.15. The second kappa shape index (κ2) is 10.4. The molecule has 1 aromatic heterocycles. The summed E-state index contributed by atoms with van der Waals surface area (Å²) >= 11 is 0. The van der Waals surface area contributed by atoms with Crippen LogP contribution in [-0.4, -0.2) is 30.6 Å². The molecule has 0 saturated heterocycles. The summed E-state index contributed by atoms with van der Waals surface area (Å²) in [4.78, 5) is 16.1. The van der Waals surface area contributed by atoms with Gasteiger partial charge in [-0.2, -0.15) is 0 Å². The van der Waals surface area contributed by atoms with Gasteiger partial charge in [0.2, 0.25) is 5.91 Å². The number of methoxy groups -OCH3 is 1. The van der Waals surface area contributed by atoms with Crippen LogP contribution in [0, 0.1) is 5.92 Å². The van der Waals surface area contributed by atoms with Crippen molar-refractivity contribution in [1.29, 1.82) is 0 Å². The minimum absolute atomic E-state index is 0. The lowest BCUT2D eigenvalue weighted by atomic mass is 10.2. The molecule has 0 spiro atoms. The van der Waals surface area contributed by atoms with E-state index in [1.807, 2.05) is 24.3 Å². The number of nitrogens with two attached hydrogens (primary N) is 1. The quantitative estimate of drug-likeness (QED) is 0.709. The molecule has 1 saturated carbocycles. The van der Waals surface area contributed by atoms with Crippen LogP contribution in [-0.2, 0) is 11.2 Å². The summed E-state index contributed by atoms with van der Waals surface area (Å²) in [6.07, 6.45) is 4.86. The van der Waals surface area contributed by atoms with Crippen molar-refractivity contribution >= 4 is 30.7 Å². The van der Waals surface area contributed by atoms with Gasteiger partial charge in [-0.1, -0.05) is 0 Å². The van der Waals surface area contributed by atoms with Gasteiger partial charge in [0.05, 0.1) is 13.3 Å². The summed E-state index contributed by atoms with van der Waals surface area (Å²) in [6, 6.07) is 7.64. The van der Waals surface area contributed by atoms with Gasteiger partial charge < -0.3 is 20.2 Å². The van der Waals surface area contributed by atoms with Crippen molar-refractivity contribution in [2.24, 2.45) is 11.7 Å². The number of nitrogens with one attached hydrogen (secondary N) is 1. The third kappa shape index (κ3) is 6.20. The molecular weight excluding hydrogens is 377 g/mol. The number of rotatable bonds is 8. The van der Waals surface area contributed by atoms with E-state index in [2.05, 4.69) is 10.3 Å². The highest BCUT2D eigenvalue weighted by molar-refractivity contribution is 5.85. The van der Waals surface area contributed by atoms with Gasteiger partial charge in [0.1, 0.15) is 5.75 Å². The molecule has 1 aliphatic rings. The molecule has 6 nitrogen and oxygen atoms in total. The fraction of sp³-hybridized carbons (Fsp3) is 0.444. The van der Waals surface area contributed by atoms with E-state index in [4.69, 9.17) is 14.9 Å². The number of ether oxygens (including phenoxy) is 1. The number of carbonyl (C=O) groups is 1. The normalized spacial score (nSPS) is 13.9. The van der Waals surface area contributed by atoms with Crippen LogP contribution in [0.5, 0.6) is 5.75 Å². The van der Waals surface area contributed by atoms with Crippen LogP contribution >= 0.6 is 24.8 Å². The lowest BCUT2D eigenvalue weighted by Gasteiger charge is -2.10. The molecule has 0 bridgehead atoms. The second-order valence-corrected chi connectivity index (χ2v) is 6.15. The van der Waals surface area contributed by atoms with E-state index in [1.165, 1.54) is 12.8 Å². The Balaban J connectivity index is 0.00000169. The number of hydrogen-bond donors (Lipinski definition) is 2. The third-order valence-corrected chi connectivity index (χ3v) is 4.26. The van der Waals surface area contributed by atoms with Gasteiger partial charge in [-0.05, 0) is 43.0 Å². The summed E-state index contributed by atoms with van der Waals surface area (Å²) in [5.41, 5.74) is 6.89. The number of aryl methyl sites for hydroxylation is 1. The van der Waals surface area contributed by atoms with Crippen LogP contribution in [0.3, 0.4) is 0 Å². The van der Waals surface area contributed by atoms with Gasteiger partial charge in [-0.25, -0.2) is 4.98 Å². The number of nitrogens with zero attached hydrogens (tertiary/aromatic N) is 1. The van der Waals surface area contributed by atoms with Crippen molar-refractivity contribution in [3.63, 3.8) is 0 Å². The van der Waals surface area contributed by atoms with E-state index < -0.39 is 0 Å². The highest BCUT2D eigenvalue weighted by Gasteiger charge is 2.28. The summed E-state index contributed by atoms with van der Waals surface area (Å²) in [5.74, 6) is 2.60. The number of amides is 1. The van der Waals surface area contributed by atoms with Crippen molar-refractivity contribution in [2.75, 3.05) is 13.7 Å². The zero-order valence-electron chi connectivity index (χ0n) is 14.6. The van der Waals surface area contributed by atoms with Crippen LogP contribution in [0.2, 0.25) is 0 Å². The number of halogens is 2. The van der Waals surface area contributed by atoms with Crippen molar-refractivity contribution in [2.45, 2.75) is 31.7 Å². The molecule has 1 heterocycles. The standard InChI is InChI=1S/C18H23N3O3.2ClH/c1-23-14-6-4-13(5-7-14)16-11-21-18(24-16)9-8-17(22)20-10-15(19)12-2-3-12;;/h4-7,11-12,15H,2-3,8-10,19H2,1H3,(H,20,22);2*1H. The Hall–Kier alpha value is -1.76.